The van der Waals surface area contributed by atoms with Crippen LogP contribution >= 0.6 is 0 Å². The first-order valence-corrected chi connectivity index (χ1v) is 9.45. The van der Waals surface area contributed by atoms with Crippen LogP contribution in [0.4, 0.5) is 20.4 Å². The van der Waals surface area contributed by atoms with Crippen molar-refractivity contribution in [3.8, 4) is 0 Å². The van der Waals surface area contributed by atoms with Gasteiger partial charge < -0.3 is 10.6 Å². The normalized spacial score (nSPS) is 18.9. The molecular formula is C18H19F2N9O. The summed E-state index contributed by atoms with van der Waals surface area (Å²) in [5.41, 5.74) is 2.29. The lowest BCUT2D eigenvalue weighted by molar-refractivity contribution is -0.0658. The van der Waals surface area contributed by atoms with Crippen LogP contribution in [0.2, 0.25) is 0 Å². The van der Waals surface area contributed by atoms with Crippen molar-refractivity contribution in [2.24, 2.45) is 7.05 Å². The maximum Gasteiger partial charge on any atom is 0.330 e. The molecule has 1 fully saturated rings. The van der Waals surface area contributed by atoms with Crippen molar-refractivity contribution >= 4 is 28.4 Å². The predicted octanol–water partition coefficient (Wildman–Crippen LogP) is 1.39. The first-order chi connectivity index (χ1) is 14.3. The summed E-state index contributed by atoms with van der Waals surface area (Å²) in [6, 6.07) is 0.577. The molecule has 0 aliphatic carbocycles. The number of hydrogen-bond donors (Lipinski definition) is 2. The number of nitrogens with one attached hydrogen (secondary N) is 2. The highest BCUT2D eigenvalue weighted by Crippen LogP contribution is 2.34. The van der Waals surface area contributed by atoms with Gasteiger partial charge in [-0.15, -0.1) is 0 Å². The van der Waals surface area contributed by atoms with E-state index in [9.17, 15) is 13.6 Å². The minimum absolute atomic E-state index is 0.126. The van der Waals surface area contributed by atoms with E-state index in [2.05, 4.69) is 30.7 Å². The van der Waals surface area contributed by atoms with Crippen molar-refractivity contribution in [2.45, 2.75) is 25.3 Å². The molecule has 0 amide bonds. The fourth-order valence-corrected chi connectivity index (χ4v) is 3.83. The molecular weight excluding hydrogens is 396 g/mol. The second kappa shape index (κ2) is 6.55. The van der Waals surface area contributed by atoms with Crippen LogP contribution < -0.4 is 16.3 Å². The molecule has 5 heterocycles. The lowest BCUT2D eigenvalue weighted by atomic mass is 10.0. The molecule has 1 aliphatic heterocycles. The van der Waals surface area contributed by atoms with E-state index in [4.69, 9.17) is 0 Å². The highest BCUT2D eigenvalue weighted by atomic mass is 19.3. The Labute approximate surface area is 168 Å². The highest BCUT2D eigenvalue weighted by molar-refractivity contribution is 5.73. The molecule has 1 saturated heterocycles. The summed E-state index contributed by atoms with van der Waals surface area (Å²) < 4.78 is 33.2. The van der Waals surface area contributed by atoms with E-state index in [1.807, 2.05) is 13.0 Å². The van der Waals surface area contributed by atoms with Crippen molar-refractivity contribution in [1.82, 2.24) is 39.0 Å². The molecule has 0 saturated carbocycles. The fraction of sp³-hybridized carbons (Fsp3) is 0.389. The molecule has 0 radical (unpaired) electrons. The van der Waals surface area contributed by atoms with Crippen molar-refractivity contribution in [1.29, 1.82) is 0 Å². The number of halogens is 2. The summed E-state index contributed by atoms with van der Waals surface area (Å²) in [5, 5.41) is 9.88. The zero-order chi connectivity index (χ0) is 21.0. The number of fused-ring (bicyclic) bond motifs is 2. The molecule has 1 aliphatic rings. The topological polar surface area (TPSA) is 107 Å². The molecule has 0 bridgehead atoms. The molecule has 1 atom stereocenters. The van der Waals surface area contributed by atoms with Gasteiger partial charge in [0.05, 0.1) is 24.6 Å². The van der Waals surface area contributed by atoms with Gasteiger partial charge in [-0.05, 0) is 31.5 Å². The number of hydrogen-bond acceptors (Lipinski definition) is 7. The Morgan fingerprint density at radius 3 is 2.97 bits per heavy atom. The zero-order valence-electron chi connectivity index (χ0n) is 16.3. The number of aromatic nitrogens is 7. The van der Waals surface area contributed by atoms with Crippen LogP contribution in [-0.4, -0.2) is 52.7 Å². The van der Waals surface area contributed by atoms with E-state index in [1.54, 1.807) is 10.7 Å². The summed E-state index contributed by atoms with van der Waals surface area (Å²) in [5.74, 6) is -2.87. The molecule has 4 aromatic heterocycles. The van der Waals surface area contributed by atoms with Crippen LogP contribution in [0.5, 0.6) is 0 Å². The monoisotopic (exact) mass is 415 g/mol. The summed E-state index contributed by atoms with van der Waals surface area (Å²) in [6.45, 7) is 1.81. The number of aryl methyl sites for hydroxylation is 2. The molecule has 0 unspecified atom stereocenters. The summed E-state index contributed by atoms with van der Waals surface area (Å²) >= 11 is 0. The van der Waals surface area contributed by atoms with Gasteiger partial charge in [-0.25, -0.2) is 28.1 Å². The number of rotatable bonds is 3. The maximum atomic E-state index is 14.6. The van der Waals surface area contributed by atoms with Crippen molar-refractivity contribution < 1.29 is 8.78 Å². The second-order valence-electron chi connectivity index (χ2n) is 7.41. The van der Waals surface area contributed by atoms with Gasteiger partial charge in [0.25, 0.3) is 5.92 Å². The van der Waals surface area contributed by atoms with E-state index >= 15 is 0 Å². The van der Waals surface area contributed by atoms with Crippen LogP contribution in [-0.2, 0) is 7.05 Å². The standard InChI is InChI=1S/C18H19F2N9O/c1-10-5-14-23-9-24-28(14)7-11(10)25-16-22-6-12-15(26-16)29(17(30)27(12)2)13-3-4-21-8-18(13,19)20/h5-7,9,13,21H,3-4,8H2,1-2H3,(H,22,25,26)/t13-/m1/s1. The third-order valence-electron chi connectivity index (χ3n) is 5.46. The number of nitrogens with zero attached hydrogens (tertiary/aromatic N) is 7. The molecule has 4 aromatic rings. The first kappa shape index (κ1) is 18.6. The number of pyridine rings is 1. The van der Waals surface area contributed by atoms with Gasteiger partial charge in [0.2, 0.25) is 5.95 Å². The van der Waals surface area contributed by atoms with Crippen molar-refractivity contribution in [3.63, 3.8) is 0 Å². The molecule has 2 N–H and O–H groups in total. The Bertz CT molecular complexity index is 1320. The molecule has 10 nitrogen and oxygen atoms in total. The number of imidazole rings is 1. The third kappa shape index (κ3) is 2.83. The average molecular weight is 415 g/mol. The largest absolute Gasteiger partial charge is 0.330 e. The average Bonchev–Trinajstić information content (AvgIpc) is 3.25. The van der Waals surface area contributed by atoms with Crippen LogP contribution in [0.25, 0.3) is 16.8 Å². The molecule has 0 spiro atoms. The molecule has 5 rings (SSSR count). The highest BCUT2D eigenvalue weighted by Gasteiger charge is 2.44. The Hall–Kier alpha value is -3.41. The van der Waals surface area contributed by atoms with E-state index in [0.717, 1.165) is 10.1 Å². The Morgan fingerprint density at radius 2 is 2.17 bits per heavy atom. The molecule has 30 heavy (non-hydrogen) atoms. The number of alkyl halides is 2. The third-order valence-corrected chi connectivity index (χ3v) is 5.46. The lowest BCUT2D eigenvalue weighted by Crippen LogP contribution is -2.49. The zero-order valence-corrected chi connectivity index (χ0v) is 16.3. The van der Waals surface area contributed by atoms with Gasteiger partial charge in [0, 0.05) is 7.05 Å². The summed E-state index contributed by atoms with van der Waals surface area (Å²) in [7, 11) is 1.53. The molecule has 0 aromatic carbocycles. The van der Waals surface area contributed by atoms with E-state index in [1.165, 1.54) is 24.1 Å². The lowest BCUT2D eigenvalue weighted by Gasteiger charge is -2.32. The van der Waals surface area contributed by atoms with Gasteiger partial charge in [0.1, 0.15) is 17.9 Å². The van der Waals surface area contributed by atoms with Crippen LogP contribution in [0.3, 0.4) is 0 Å². The maximum absolute atomic E-state index is 14.6. The van der Waals surface area contributed by atoms with Crippen LogP contribution in [0, 0.1) is 6.92 Å². The fourth-order valence-electron chi connectivity index (χ4n) is 3.83. The van der Waals surface area contributed by atoms with Gasteiger partial charge in [0.15, 0.2) is 11.3 Å². The molecule has 12 heteroatoms. The SMILES string of the molecule is Cc1cc2ncnn2cc1Nc1ncc2c(n1)n([C@@H]1CCNCC1(F)F)c(=O)n2C. The second-order valence-corrected chi connectivity index (χ2v) is 7.41. The Balaban J connectivity index is 1.61. The smallest absolute Gasteiger partial charge is 0.323 e. The first-order valence-electron chi connectivity index (χ1n) is 9.45. The van der Waals surface area contributed by atoms with Gasteiger partial charge in [-0.2, -0.15) is 10.1 Å². The number of piperidine rings is 1. The quantitative estimate of drug-likeness (QED) is 0.521. The predicted molar refractivity (Wildman–Crippen MR) is 105 cm³/mol. The summed E-state index contributed by atoms with van der Waals surface area (Å²) in [4.78, 5) is 25.6. The number of anilines is 2. The van der Waals surface area contributed by atoms with Crippen molar-refractivity contribution in [2.75, 3.05) is 18.4 Å². The molecule has 156 valence electrons. The van der Waals surface area contributed by atoms with Crippen molar-refractivity contribution in [3.05, 3.63) is 40.8 Å². The van der Waals surface area contributed by atoms with E-state index < -0.39 is 24.2 Å². The Morgan fingerprint density at radius 1 is 1.33 bits per heavy atom. The van der Waals surface area contributed by atoms with Gasteiger partial charge >= 0.3 is 5.69 Å². The van der Waals surface area contributed by atoms with Crippen LogP contribution in [0.15, 0.2) is 29.6 Å². The van der Waals surface area contributed by atoms with Gasteiger partial charge in [-0.3, -0.25) is 9.13 Å². The minimum Gasteiger partial charge on any atom is -0.323 e. The van der Waals surface area contributed by atoms with E-state index in [0.29, 0.717) is 23.4 Å². The minimum atomic E-state index is -3.07. The van der Waals surface area contributed by atoms with Crippen LogP contribution in [0.1, 0.15) is 18.0 Å². The Kier molecular flexibility index (Phi) is 4.07. The van der Waals surface area contributed by atoms with Gasteiger partial charge in [-0.1, -0.05) is 0 Å². The summed E-state index contributed by atoms with van der Waals surface area (Å²) in [6.07, 6.45) is 4.78. The van der Waals surface area contributed by atoms with E-state index in [-0.39, 0.29) is 18.0 Å².